The third-order valence-electron chi connectivity index (χ3n) is 2.46. The fraction of sp³-hybridized carbons (Fsp3) is 0.0769. The van der Waals surface area contributed by atoms with Crippen molar-refractivity contribution in [3.8, 4) is 0 Å². The minimum atomic E-state index is 0.161. The van der Waals surface area contributed by atoms with Crippen molar-refractivity contribution in [1.82, 2.24) is 4.98 Å². The zero-order valence-corrected chi connectivity index (χ0v) is 13.3. The second kappa shape index (κ2) is 6.64. The number of rotatable bonds is 3. The Morgan fingerprint density at radius 3 is 2.55 bits per heavy atom. The normalized spacial score (nSPS) is 11.6. The lowest BCUT2D eigenvalue weighted by molar-refractivity contribution is 1.22. The van der Waals surface area contributed by atoms with Gasteiger partial charge in [0.15, 0.2) is 5.82 Å². The van der Waals surface area contributed by atoms with E-state index in [4.69, 9.17) is 46.4 Å². The van der Waals surface area contributed by atoms with Gasteiger partial charge in [-0.25, -0.2) is 4.98 Å². The van der Waals surface area contributed by atoms with Gasteiger partial charge in [-0.05, 0) is 30.7 Å². The zero-order valence-electron chi connectivity index (χ0n) is 10.3. The molecular weight excluding hydrogens is 340 g/mol. The standard InChI is InChI=1S/C13H9Cl4N3/c1-7(8-3-2-4-9(14)5-8)19-20-13-11(16)6-10(15)12(17)18-13/h2-6H,1H3,(H,18,20)/b19-7-. The number of pyridine rings is 1. The van der Waals surface area contributed by atoms with Crippen LogP contribution in [0.25, 0.3) is 0 Å². The summed E-state index contributed by atoms with van der Waals surface area (Å²) in [5.41, 5.74) is 4.38. The molecule has 0 bridgehead atoms. The van der Waals surface area contributed by atoms with Gasteiger partial charge < -0.3 is 0 Å². The fourth-order valence-electron chi connectivity index (χ4n) is 1.44. The molecule has 0 spiro atoms. The summed E-state index contributed by atoms with van der Waals surface area (Å²) < 4.78 is 0. The maximum absolute atomic E-state index is 6.00. The van der Waals surface area contributed by atoms with Crippen LogP contribution in [0, 0.1) is 0 Å². The van der Waals surface area contributed by atoms with Gasteiger partial charge in [-0.3, -0.25) is 5.43 Å². The Morgan fingerprint density at radius 2 is 1.85 bits per heavy atom. The Kier molecular flexibility index (Phi) is 5.11. The van der Waals surface area contributed by atoms with Crippen molar-refractivity contribution in [1.29, 1.82) is 0 Å². The molecular formula is C13H9Cl4N3. The summed E-state index contributed by atoms with van der Waals surface area (Å²) in [6.07, 6.45) is 0. The van der Waals surface area contributed by atoms with Crippen molar-refractivity contribution >= 4 is 57.9 Å². The summed E-state index contributed by atoms with van der Waals surface area (Å²) in [5.74, 6) is 0.336. The molecule has 20 heavy (non-hydrogen) atoms. The Hall–Kier alpha value is -1.00. The Morgan fingerprint density at radius 1 is 1.10 bits per heavy atom. The second-order valence-corrected chi connectivity index (χ2v) is 5.52. The van der Waals surface area contributed by atoms with E-state index >= 15 is 0 Å². The Labute approximate surface area is 136 Å². The van der Waals surface area contributed by atoms with E-state index in [0.717, 1.165) is 11.3 Å². The van der Waals surface area contributed by atoms with Gasteiger partial charge in [0.25, 0.3) is 0 Å². The second-order valence-electron chi connectivity index (χ2n) is 3.91. The quantitative estimate of drug-likeness (QED) is 0.449. The number of nitrogens with one attached hydrogen (secondary N) is 1. The first-order valence-electron chi connectivity index (χ1n) is 5.55. The van der Waals surface area contributed by atoms with Crippen LogP contribution >= 0.6 is 46.4 Å². The number of anilines is 1. The number of hydrogen-bond acceptors (Lipinski definition) is 3. The number of nitrogens with zero attached hydrogens (tertiary/aromatic N) is 2. The molecule has 7 heteroatoms. The lowest BCUT2D eigenvalue weighted by atomic mass is 10.1. The van der Waals surface area contributed by atoms with Gasteiger partial charge in [0.2, 0.25) is 0 Å². The van der Waals surface area contributed by atoms with Crippen LogP contribution in [0.3, 0.4) is 0 Å². The van der Waals surface area contributed by atoms with Crippen molar-refractivity contribution in [3.63, 3.8) is 0 Å². The summed E-state index contributed by atoms with van der Waals surface area (Å²) in [7, 11) is 0. The van der Waals surface area contributed by atoms with Crippen LogP contribution in [0.5, 0.6) is 0 Å². The number of aromatic nitrogens is 1. The minimum Gasteiger partial charge on any atom is -0.260 e. The lowest BCUT2D eigenvalue weighted by Gasteiger charge is -2.06. The first kappa shape index (κ1) is 15.4. The summed E-state index contributed by atoms with van der Waals surface area (Å²) in [4.78, 5) is 4.01. The van der Waals surface area contributed by atoms with E-state index < -0.39 is 0 Å². The number of halogens is 4. The molecule has 0 amide bonds. The maximum Gasteiger partial charge on any atom is 0.166 e. The molecule has 2 aromatic rings. The third-order valence-corrected chi connectivity index (χ3v) is 3.65. The van der Waals surface area contributed by atoms with Gasteiger partial charge >= 0.3 is 0 Å². The van der Waals surface area contributed by atoms with E-state index in [1.54, 1.807) is 6.07 Å². The molecule has 0 atom stereocenters. The molecule has 0 fully saturated rings. The smallest absolute Gasteiger partial charge is 0.166 e. The van der Waals surface area contributed by atoms with E-state index in [2.05, 4.69) is 15.5 Å². The molecule has 1 aromatic heterocycles. The highest BCUT2D eigenvalue weighted by Gasteiger charge is 2.07. The molecule has 3 nitrogen and oxygen atoms in total. The van der Waals surface area contributed by atoms with E-state index in [1.165, 1.54) is 6.07 Å². The minimum absolute atomic E-state index is 0.161. The average molecular weight is 349 g/mol. The maximum atomic E-state index is 6.00. The van der Waals surface area contributed by atoms with E-state index in [9.17, 15) is 0 Å². The molecule has 0 saturated carbocycles. The van der Waals surface area contributed by atoms with Gasteiger partial charge in [-0.2, -0.15) is 5.10 Å². The largest absolute Gasteiger partial charge is 0.260 e. The SMILES string of the molecule is C/C(=N/Nc1nc(Cl)c(Cl)cc1Cl)c1cccc(Cl)c1. The van der Waals surface area contributed by atoms with Crippen molar-refractivity contribution in [2.24, 2.45) is 5.10 Å². The number of hydrazone groups is 1. The summed E-state index contributed by atoms with van der Waals surface area (Å²) >= 11 is 23.6. The zero-order chi connectivity index (χ0) is 14.7. The highest BCUT2D eigenvalue weighted by Crippen LogP contribution is 2.28. The van der Waals surface area contributed by atoms with Gasteiger partial charge in [-0.15, -0.1) is 0 Å². The first-order valence-corrected chi connectivity index (χ1v) is 7.06. The predicted octanol–water partition coefficient (Wildman–Crippen LogP) is 5.53. The first-order chi connectivity index (χ1) is 9.47. The number of hydrogen-bond donors (Lipinski definition) is 1. The molecule has 1 heterocycles. The van der Waals surface area contributed by atoms with Crippen molar-refractivity contribution in [2.75, 3.05) is 5.43 Å². The third kappa shape index (κ3) is 3.76. The highest BCUT2D eigenvalue weighted by molar-refractivity contribution is 6.42. The molecule has 2 rings (SSSR count). The summed E-state index contributed by atoms with van der Waals surface area (Å²) in [6.45, 7) is 1.84. The molecule has 1 N–H and O–H groups in total. The van der Waals surface area contributed by atoms with Crippen LogP contribution in [0.4, 0.5) is 5.82 Å². The van der Waals surface area contributed by atoms with E-state index in [1.807, 2.05) is 25.1 Å². The molecule has 0 saturated heterocycles. The van der Waals surface area contributed by atoms with Crippen LogP contribution in [-0.4, -0.2) is 10.7 Å². The van der Waals surface area contributed by atoms with E-state index in [0.29, 0.717) is 15.9 Å². The topological polar surface area (TPSA) is 37.3 Å². The van der Waals surface area contributed by atoms with Crippen LogP contribution in [0.15, 0.2) is 35.4 Å². The number of benzene rings is 1. The van der Waals surface area contributed by atoms with Crippen molar-refractivity contribution in [2.45, 2.75) is 6.92 Å². The lowest BCUT2D eigenvalue weighted by Crippen LogP contribution is -2.01. The van der Waals surface area contributed by atoms with Crippen LogP contribution in [0.1, 0.15) is 12.5 Å². The summed E-state index contributed by atoms with van der Waals surface area (Å²) in [6, 6.07) is 8.86. The Balaban J connectivity index is 2.23. The average Bonchev–Trinajstić information content (AvgIpc) is 2.41. The molecule has 0 aliphatic rings. The van der Waals surface area contributed by atoms with Crippen molar-refractivity contribution < 1.29 is 0 Å². The highest BCUT2D eigenvalue weighted by atomic mass is 35.5. The molecule has 104 valence electrons. The molecule has 1 aromatic carbocycles. The van der Waals surface area contributed by atoms with E-state index in [-0.39, 0.29) is 10.2 Å². The van der Waals surface area contributed by atoms with Gasteiger partial charge in [0.05, 0.1) is 15.8 Å². The fourth-order valence-corrected chi connectivity index (χ4v) is 2.17. The molecule has 0 unspecified atom stereocenters. The van der Waals surface area contributed by atoms with Gasteiger partial charge in [-0.1, -0.05) is 58.5 Å². The van der Waals surface area contributed by atoms with Gasteiger partial charge in [0.1, 0.15) is 5.15 Å². The van der Waals surface area contributed by atoms with Crippen molar-refractivity contribution in [3.05, 3.63) is 56.1 Å². The monoisotopic (exact) mass is 347 g/mol. The van der Waals surface area contributed by atoms with Crippen LogP contribution < -0.4 is 5.43 Å². The summed E-state index contributed by atoms with van der Waals surface area (Å²) in [5, 5.41) is 5.62. The molecule has 0 radical (unpaired) electrons. The predicted molar refractivity (Wildman–Crippen MR) is 86.6 cm³/mol. The van der Waals surface area contributed by atoms with Crippen LogP contribution in [0.2, 0.25) is 20.2 Å². The van der Waals surface area contributed by atoms with Crippen LogP contribution in [-0.2, 0) is 0 Å². The molecule has 0 aliphatic heterocycles. The molecule has 0 aliphatic carbocycles. The van der Waals surface area contributed by atoms with Gasteiger partial charge in [0, 0.05) is 5.02 Å². The Bertz CT molecular complexity index is 671.